The fourth-order valence-corrected chi connectivity index (χ4v) is 3.42. The van der Waals surface area contributed by atoms with E-state index in [-0.39, 0.29) is 5.38 Å². The summed E-state index contributed by atoms with van der Waals surface area (Å²) in [5.41, 5.74) is 4.07. The van der Waals surface area contributed by atoms with Gasteiger partial charge in [-0.15, -0.1) is 11.6 Å². The molecule has 0 bridgehead atoms. The van der Waals surface area contributed by atoms with Gasteiger partial charge in [-0.1, -0.05) is 30.3 Å². The number of benzene rings is 2. The molecular weight excluding hydrogens is 385 g/mol. The zero-order valence-corrected chi connectivity index (χ0v) is 13.9. The Kier molecular flexibility index (Phi) is 3.98. The van der Waals surface area contributed by atoms with Crippen molar-refractivity contribution in [1.82, 2.24) is 4.98 Å². The lowest BCUT2D eigenvalue weighted by Gasteiger charge is -2.11. The molecule has 1 atom stereocenters. The van der Waals surface area contributed by atoms with Crippen LogP contribution in [0.2, 0.25) is 0 Å². The van der Waals surface area contributed by atoms with Crippen LogP contribution in [0.25, 0.3) is 11.1 Å². The summed E-state index contributed by atoms with van der Waals surface area (Å²) in [7, 11) is 0. The highest BCUT2D eigenvalue weighted by atomic mass is 127. The van der Waals surface area contributed by atoms with Gasteiger partial charge in [0.1, 0.15) is 5.52 Å². The molecule has 1 unspecified atom stereocenters. The second-order valence-corrected chi connectivity index (χ2v) is 6.33. The molecule has 0 aliphatic heterocycles. The largest absolute Gasteiger partial charge is 0.441 e. The first kappa shape index (κ1) is 13.9. The summed E-state index contributed by atoms with van der Waals surface area (Å²) >= 11 is 8.88. The number of alkyl halides is 1. The van der Waals surface area contributed by atoms with Gasteiger partial charge < -0.3 is 4.42 Å². The van der Waals surface area contributed by atoms with Crippen LogP contribution in [0.4, 0.5) is 0 Å². The highest BCUT2D eigenvalue weighted by molar-refractivity contribution is 14.1. The lowest BCUT2D eigenvalue weighted by atomic mass is 10.1. The summed E-state index contributed by atoms with van der Waals surface area (Å²) in [6.07, 6.45) is 0.593. The van der Waals surface area contributed by atoms with Crippen molar-refractivity contribution in [2.45, 2.75) is 18.7 Å². The van der Waals surface area contributed by atoms with Crippen molar-refractivity contribution in [3.63, 3.8) is 0 Å². The standard InChI is InChI=1S/C16H13ClINO/c1-10-5-4-6-11(16(10)18)12(17)9-15-19-13-7-2-3-8-14(13)20-15/h2-8,12H,9H2,1H3. The Morgan fingerprint density at radius 3 is 2.80 bits per heavy atom. The first-order valence-corrected chi connectivity index (χ1v) is 7.90. The normalized spacial score (nSPS) is 12.8. The van der Waals surface area contributed by atoms with E-state index in [0.29, 0.717) is 12.3 Å². The van der Waals surface area contributed by atoms with Crippen LogP contribution < -0.4 is 0 Å². The fourth-order valence-electron chi connectivity index (χ4n) is 2.18. The number of nitrogens with zero attached hydrogens (tertiary/aromatic N) is 1. The van der Waals surface area contributed by atoms with Crippen LogP contribution in [0.5, 0.6) is 0 Å². The first-order valence-electron chi connectivity index (χ1n) is 6.38. The molecule has 0 amide bonds. The summed E-state index contributed by atoms with van der Waals surface area (Å²) in [6, 6.07) is 14.0. The molecule has 20 heavy (non-hydrogen) atoms. The molecule has 0 spiro atoms. The number of fused-ring (bicyclic) bond motifs is 1. The van der Waals surface area contributed by atoms with Gasteiger partial charge in [-0.25, -0.2) is 4.98 Å². The van der Waals surface area contributed by atoms with Crippen LogP contribution in [-0.2, 0) is 6.42 Å². The van der Waals surface area contributed by atoms with Crippen molar-refractivity contribution in [3.05, 3.63) is 63.1 Å². The van der Waals surface area contributed by atoms with Gasteiger partial charge in [0.2, 0.25) is 0 Å². The average molecular weight is 398 g/mol. The Bertz CT molecular complexity index is 720. The Hall–Kier alpha value is -1.07. The van der Waals surface area contributed by atoms with Crippen LogP contribution in [0.3, 0.4) is 0 Å². The summed E-state index contributed by atoms with van der Waals surface area (Å²) in [5.74, 6) is 0.684. The molecule has 0 saturated heterocycles. The number of aryl methyl sites for hydroxylation is 1. The minimum absolute atomic E-state index is 0.130. The molecule has 0 radical (unpaired) electrons. The third-order valence-corrected chi connectivity index (χ3v) is 5.11. The van der Waals surface area contributed by atoms with Gasteiger partial charge in [0.25, 0.3) is 0 Å². The maximum absolute atomic E-state index is 6.54. The van der Waals surface area contributed by atoms with Crippen molar-refractivity contribution < 1.29 is 4.42 Å². The molecule has 0 fully saturated rings. The molecule has 0 saturated carbocycles. The molecule has 4 heteroatoms. The van der Waals surface area contributed by atoms with Gasteiger partial charge >= 0.3 is 0 Å². The predicted molar refractivity (Wildman–Crippen MR) is 90.2 cm³/mol. The maximum atomic E-state index is 6.54. The van der Waals surface area contributed by atoms with Crippen LogP contribution in [0, 0.1) is 10.5 Å². The van der Waals surface area contributed by atoms with Crippen LogP contribution in [-0.4, -0.2) is 4.98 Å². The van der Waals surface area contributed by atoms with Gasteiger partial charge in [0.15, 0.2) is 11.5 Å². The monoisotopic (exact) mass is 397 g/mol. The van der Waals surface area contributed by atoms with E-state index < -0.39 is 0 Å². The molecule has 1 heterocycles. The van der Waals surface area contributed by atoms with Crippen molar-refractivity contribution >= 4 is 45.3 Å². The van der Waals surface area contributed by atoms with E-state index in [1.54, 1.807) is 0 Å². The second kappa shape index (κ2) is 5.74. The lowest BCUT2D eigenvalue weighted by Crippen LogP contribution is -2.00. The summed E-state index contributed by atoms with van der Waals surface area (Å²) in [6.45, 7) is 2.09. The smallest absolute Gasteiger partial charge is 0.197 e. The molecular formula is C16H13ClINO. The van der Waals surface area contributed by atoms with Crippen molar-refractivity contribution in [2.24, 2.45) is 0 Å². The number of para-hydroxylation sites is 2. The molecule has 0 aliphatic carbocycles. The maximum Gasteiger partial charge on any atom is 0.197 e. The van der Waals surface area contributed by atoms with E-state index in [2.05, 4.69) is 46.6 Å². The van der Waals surface area contributed by atoms with Crippen molar-refractivity contribution in [1.29, 1.82) is 0 Å². The van der Waals surface area contributed by atoms with Crippen LogP contribution in [0.15, 0.2) is 46.9 Å². The molecule has 0 N–H and O–H groups in total. The second-order valence-electron chi connectivity index (χ2n) is 4.73. The van der Waals surface area contributed by atoms with E-state index in [9.17, 15) is 0 Å². The van der Waals surface area contributed by atoms with Gasteiger partial charge in [0, 0.05) is 9.99 Å². The van der Waals surface area contributed by atoms with Gasteiger partial charge in [0.05, 0.1) is 5.38 Å². The molecule has 3 rings (SSSR count). The lowest BCUT2D eigenvalue weighted by molar-refractivity contribution is 0.524. The Morgan fingerprint density at radius 2 is 2.00 bits per heavy atom. The Morgan fingerprint density at radius 1 is 1.20 bits per heavy atom. The number of rotatable bonds is 3. The van der Waals surface area contributed by atoms with Crippen molar-refractivity contribution in [2.75, 3.05) is 0 Å². The predicted octanol–water partition coefficient (Wildman–Crippen LogP) is 5.26. The third kappa shape index (κ3) is 2.69. The molecule has 0 aliphatic rings. The van der Waals surface area contributed by atoms with E-state index in [1.165, 1.54) is 9.13 Å². The number of hydrogen-bond donors (Lipinski definition) is 0. The molecule has 2 nitrogen and oxygen atoms in total. The minimum atomic E-state index is -0.130. The topological polar surface area (TPSA) is 26.0 Å². The van der Waals surface area contributed by atoms with Crippen LogP contribution in [0.1, 0.15) is 22.4 Å². The van der Waals surface area contributed by atoms with E-state index in [0.717, 1.165) is 16.7 Å². The first-order chi connectivity index (χ1) is 9.65. The van der Waals surface area contributed by atoms with E-state index >= 15 is 0 Å². The highest BCUT2D eigenvalue weighted by Crippen LogP contribution is 2.31. The number of aromatic nitrogens is 1. The average Bonchev–Trinajstić information content (AvgIpc) is 2.83. The fraction of sp³-hybridized carbons (Fsp3) is 0.188. The number of halogens is 2. The zero-order chi connectivity index (χ0) is 14.1. The zero-order valence-electron chi connectivity index (χ0n) is 10.9. The highest BCUT2D eigenvalue weighted by Gasteiger charge is 2.16. The summed E-state index contributed by atoms with van der Waals surface area (Å²) in [4.78, 5) is 4.48. The van der Waals surface area contributed by atoms with E-state index in [4.69, 9.17) is 16.0 Å². The minimum Gasteiger partial charge on any atom is -0.441 e. The van der Waals surface area contributed by atoms with Crippen molar-refractivity contribution in [3.8, 4) is 0 Å². The molecule has 2 aromatic carbocycles. The third-order valence-electron chi connectivity index (χ3n) is 3.25. The SMILES string of the molecule is Cc1cccc(C(Cl)Cc2nc3ccccc3o2)c1I. The molecule has 3 aromatic rings. The quantitative estimate of drug-likeness (QED) is 0.445. The van der Waals surface area contributed by atoms with Gasteiger partial charge in [-0.05, 0) is 52.8 Å². The van der Waals surface area contributed by atoms with Crippen LogP contribution >= 0.6 is 34.2 Å². The van der Waals surface area contributed by atoms with Gasteiger partial charge in [-0.3, -0.25) is 0 Å². The van der Waals surface area contributed by atoms with Gasteiger partial charge in [-0.2, -0.15) is 0 Å². The number of oxazole rings is 1. The van der Waals surface area contributed by atoms with E-state index in [1.807, 2.05) is 30.3 Å². The number of hydrogen-bond acceptors (Lipinski definition) is 2. The Labute approximate surface area is 136 Å². The molecule has 102 valence electrons. The Balaban J connectivity index is 1.88. The molecule has 1 aromatic heterocycles. The summed E-state index contributed by atoms with van der Waals surface area (Å²) in [5, 5.41) is -0.130. The summed E-state index contributed by atoms with van der Waals surface area (Å²) < 4.78 is 6.94.